The van der Waals surface area contributed by atoms with Gasteiger partial charge in [0.05, 0.1) is 20.0 Å². The summed E-state index contributed by atoms with van der Waals surface area (Å²) in [7, 11) is 3.41. The maximum atomic E-state index is 9.59. The molecule has 108 valence electrons. The first-order valence-electron chi connectivity index (χ1n) is 6.26. The Balaban J connectivity index is 2.29. The minimum atomic E-state index is -0.136. The van der Waals surface area contributed by atoms with Gasteiger partial charge in [0.25, 0.3) is 0 Å². The van der Waals surface area contributed by atoms with Gasteiger partial charge in [0, 0.05) is 12.6 Å². The van der Waals surface area contributed by atoms with Crippen LogP contribution in [0.25, 0.3) is 22.4 Å². The van der Waals surface area contributed by atoms with Crippen LogP contribution in [0.5, 0.6) is 5.75 Å². The number of aliphatic hydroxyl groups excluding tert-OH is 1. The van der Waals surface area contributed by atoms with E-state index in [0.717, 1.165) is 5.56 Å². The van der Waals surface area contributed by atoms with Gasteiger partial charge >= 0.3 is 0 Å². The highest BCUT2D eigenvalue weighted by atomic mass is 35.5. The van der Waals surface area contributed by atoms with Gasteiger partial charge in [-0.1, -0.05) is 0 Å². The minimum Gasteiger partial charge on any atom is -0.497 e. The van der Waals surface area contributed by atoms with Gasteiger partial charge in [0.2, 0.25) is 5.28 Å². The fourth-order valence-corrected chi connectivity index (χ4v) is 2.39. The Morgan fingerprint density at radius 1 is 1.33 bits per heavy atom. The third-order valence-corrected chi connectivity index (χ3v) is 3.44. The van der Waals surface area contributed by atoms with Crippen molar-refractivity contribution < 1.29 is 9.84 Å². The molecule has 21 heavy (non-hydrogen) atoms. The first-order valence-corrected chi connectivity index (χ1v) is 6.64. The molecule has 3 rings (SSSR count). The Kier molecular flexibility index (Phi) is 3.48. The van der Waals surface area contributed by atoms with Gasteiger partial charge in [-0.15, -0.1) is 0 Å². The standard InChI is InChI=1S/C14H13ClN4O2/c1-19-7-16-12-11(17-14(15)18-13(12)19)10-4-3-9(21-2)5-8(10)6-20/h3-5,7,20H,6H2,1-2H3. The Labute approximate surface area is 126 Å². The molecular formula is C14H13ClN4O2. The number of rotatable bonds is 3. The van der Waals surface area contributed by atoms with Crippen molar-refractivity contribution in [2.75, 3.05) is 7.11 Å². The quantitative estimate of drug-likeness (QED) is 0.751. The summed E-state index contributed by atoms with van der Waals surface area (Å²) in [4.78, 5) is 12.8. The molecule has 0 atom stereocenters. The number of imidazole rings is 1. The molecule has 0 aliphatic heterocycles. The van der Waals surface area contributed by atoms with E-state index in [1.165, 1.54) is 0 Å². The number of hydrogen-bond acceptors (Lipinski definition) is 5. The van der Waals surface area contributed by atoms with Crippen molar-refractivity contribution in [2.45, 2.75) is 6.61 Å². The van der Waals surface area contributed by atoms with E-state index < -0.39 is 0 Å². The molecule has 0 aliphatic rings. The van der Waals surface area contributed by atoms with Crippen molar-refractivity contribution >= 4 is 22.8 Å². The SMILES string of the molecule is COc1ccc(-c2nc(Cl)nc3c2ncn3C)c(CO)c1. The number of aliphatic hydroxyl groups is 1. The molecule has 0 unspecified atom stereocenters. The second-order valence-electron chi connectivity index (χ2n) is 4.55. The highest BCUT2D eigenvalue weighted by Gasteiger charge is 2.16. The highest BCUT2D eigenvalue weighted by Crippen LogP contribution is 2.31. The Bertz CT molecular complexity index is 816. The topological polar surface area (TPSA) is 73.1 Å². The van der Waals surface area contributed by atoms with Crippen molar-refractivity contribution in [2.24, 2.45) is 7.05 Å². The van der Waals surface area contributed by atoms with Crippen LogP contribution in [-0.4, -0.2) is 31.7 Å². The molecule has 0 saturated carbocycles. The maximum Gasteiger partial charge on any atom is 0.225 e. The number of halogens is 1. The van der Waals surface area contributed by atoms with Gasteiger partial charge in [-0.25, -0.2) is 9.97 Å². The van der Waals surface area contributed by atoms with Crippen LogP contribution < -0.4 is 4.74 Å². The van der Waals surface area contributed by atoms with Crippen molar-refractivity contribution in [3.05, 3.63) is 35.4 Å². The molecule has 7 heteroatoms. The number of aromatic nitrogens is 4. The van der Waals surface area contributed by atoms with Gasteiger partial charge in [0.1, 0.15) is 17.0 Å². The van der Waals surface area contributed by atoms with Crippen molar-refractivity contribution in [1.29, 1.82) is 0 Å². The molecule has 0 saturated heterocycles. The molecule has 0 radical (unpaired) electrons. The molecule has 0 amide bonds. The number of benzene rings is 1. The number of aryl methyl sites for hydroxylation is 1. The van der Waals surface area contributed by atoms with E-state index in [2.05, 4.69) is 15.0 Å². The summed E-state index contributed by atoms with van der Waals surface area (Å²) in [5, 5.41) is 9.73. The lowest BCUT2D eigenvalue weighted by Gasteiger charge is -2.10. The minimum absolute atomic E-state index is 0.136. The van der Waals surface area contributed by atoms with E-state index in [0.29, 0.717) is 28.2 Å². The summed E-state index contributed by atoms with van der Waals surface area (Å²) in [5.74, 6) is 0.667. The largest absolute Gasteiger partial charge is 0.497 e. The second-order valence-corrected chi connectivity index (χ2v) is 4.89. The Hall–Kier alpha value is -2.18. The summed E-state index contributed by atoms with van der Waals surface area (Å²) >= 11 is 6.01. The lowest BCUT2D eigenvalue weighted by molar-refractivity contribution is 0.281. The Morgan fingerprint density at radius 2 is 2.14 bits per heavy atom. The van der Waals surface area contributed by atoms with Crippen molar-refractivity contribution in [3.63, 3.8) is 0 Å². The van der Waals surface area contributed by atoms with E-state index in [1.807, 2.05) is 13.1 Å². The van der Waals surface area contributed by atoms with Gasteiger partial charge in [0.15, 0.2) is 5.65 Å². The molecule has 0 spiro atoms. The van der Waals surface area contributed by atoms with Crippen LogP contribution in [-0.2, 0) is 13.7 Å². The molecule has 0 bridgehead atoms. The Morgan fingerprint density at radius 3 is 2.86 bits per heavy atom. The van der Waals surface area contributed by atoms with Gasteiger partial charge in [-0.3, -0.25) is 0 Å². The predicted octanol–water partition coefficient (Wildman–Crippen LogP) is 2.18. The lowest BCUT2D eigenvalue weighted by atomic mass is 10.0. The maximum absolute atomic E-state index is 9.59. The van der Waals surface area contributed by atoms with Crippen LogP contribution in [0.1, 0.15) is 5.56 Å². The average Bonchev–Trinajstić information content (AvgIpc) is 2.87. The predicted molar refractivity (Wildman–Crippen MR) is 79.2 cm³/mol. The molecule has 3 aromatic rings. The molecule has 1 aromatic carbocycles. The average molecular weight is 305 g/mol. The first kappa shape index (κ1) is 13.8. The van der Waals surface area contributed by atoms with E-state index in [1.54, 1.807) is 30.1 Å². The highest BCUT2D eigenvalue weighted by molar-refractivity contribution is 6.28. The van der Waals surface area contributed by atoms with Crippen LogP contribution >= 0.6 is 11.6 Å². The third-order valence-electron chi connectivity index (χ3n) is 3.27. The van der Waals surface area contributed by atoms with E-state index in [9.17, 15) is 5.11 Å². The van der Waals surface area contributed by atoms with Crippen LogP contribution in [0.4, 0.5) is 0 Å². The van der Waals surface area contributed by atoms with Gasteiger partial charge < -0.3 is 14.4 Å². The number of fused-ring (bicyclic) bond motifs is 1. The summed E-state index contributed by atoms with van der Waals surface area (Å²) in [6.07, 6.45) is 1.65. The smallest absolute Gasteiger partial charge is 0.225 e. The third kappa shape index (κ3) is 2.32. The molecule has 2 heterocycles. The summed E-state index contributed by atoms with van der Waals surface area (Å²) in [6.45, 7) is -0.136. The van der Waals surface area contributed by atoms with E-state index in [-0.39, 0.29) is 11.9 Å². The number of ether oxygens (including phenoxy) is 1. The summed E-state index contributed by atoms with van der Waals surface area (Å²) in [5.41, 5.74) is 3.33. The van der Waals surface area contributed by atoms with Gasteiger partial charge in [-0.05, 0) is 35.4 Å². The summed E-state index contributed by atoms with van der Waals surface area (Å²) in [6, 6.07) is 5.40. The zero-order valence-electron chi connectivity index (χ0n) is 11.5. The van der Waals surface area contributed by atoms with Crippen LogP contribution in [0.2, 0.25) is 5.28 Å². The zero-order chi connectivity index (χ0) is 15.0. The lowest BCUT2D eigenvalue weighted by Crippen LogP contribution is -1.97. The van der Waals surface area contributed by atoms with Crippen LogP contribution in [0.3, 0.4) is 0 Å². The number of nitrogens with zero attached hydrogens (tertiary/aromatic N) is 4. The molecule has 2 aromatic heterocycles. The molecular weight excluding hydrogens is 292 g/mol. The molecule has 6 nitrogen and oxygen atoms in total. The first-order chi connectivity index (χ1) is 10.1. The van der Waals surface area contributed by atoms with Crippen LogP contribution in [0, 0.1) is 0 Å². The van der Waals surface area contributed by atoms with Crippen molar-refractivity contribution in [3.8, 4) is 17.0 Å². The normalized spacial score (nSPS) is 11.0. The van der Waals surface area contributed by atoms with Crippen LogP contribution in [0.15, 0.2) is 24.5 Å². The van der Waals surface area contributed by atoms with Crippen molar-refractivity contribution in [1.82, 2.24) is 19.5 Å². The summed E-state index contributed by atoms with van der Waals surface area (Å²) < 4.78 is 6.95. The van der Waals surface area contributed by atoms with E-state index in [4.69, 9.17) is 16.3 Å². The molecule has 1 N–H and O–H groups in total. The number of methoxy groups -OCH3 is 1. The second kappa shape index (κ2) is 5.31. The molecule has 0 fully saturated rings. The number of hydrogen-bond donors (Lipinski definition) is 1. The van der Waals surface area contributed by atoms with Gasteiger partial charge in [-0.2, -0.15) is 4.98 Å². The fourth-order valence-electron chi connectivity index (χ4n) is 2.23. The fraction of sp³-hybridized carbons (Fsp3) is 0.214. The zero-order valence-corrected chi connectivity index (χ0v) is 12.3. The van der Waals surface area contributed by atoms with E-state index >= 15 is 0 Å². The monoisotopic (exact) mass is 304 g/mol. The molecule has 0 aliphatic carbocycles.